The van der Waals surface area contributed by atoms with Crippen molar-refractivity contribution in [1.29, 1.82) is 0 Å². The zero-order chi connectivity index (χ0) is 18.6. The molecule has 0 bridgehead atoms. The SMILES string of the molecule is COc1ccc2cc([C@H](C)C(=O)O[C@H](C)C(=O)NC(C)C)ccc2c1. The molecule has 0 aliphatic rings. The minimum Gasteiger partial charge on any atom is -0.497 e. The fourth-order valence-electron chi connectivity index (χ4n) is 2.51. The topological polar surface area (TPSA) is 64.6 Å². The lowest BCUT2D eigenvalue weighted by molar-refractivity contribution is -0.156. The Labute approximate surface area is 148 Å². The summed E-state index contributed by atoms with van der Waals surface area (Å²) in [6.45, 7) is 7.08. The predicted molar refractivity (Wildman–Crippen MR) is 97.7 cm³/mol. The van der Waals surface area contributed by atoms with E-state index in [9.17, 15) is 9.59 Å². The van der Waals surface area contributed by atoms with E-state index in [4.69, 9.17) is 9.47 Å². The van der Waals surface area contributed by atoms with Gasteiger partial charge in [-0.25, -0.2) is 0 Å². The highest BCUT2D eigenvalue weighted by molar-refractivity contribution is 5.88. The Morgan fingerprint density at radius 1 is 0.960 bits per heavy atom. The zero-order valence-electron chi connectivity index (χ0n) is 15.3. The molecule has 1 N–H and O–H groups in total. The molecule has 0 heterocycles. The molecular formula is C20H25NO4. The third-order valence-electron chi connectivity index (χ3n) is 4.02. The van der Waals surface area contributed by atoms with Crippen LogP contribution in [0.25, 0.3) is 10.8 Å². The van der Waals surface area contributed by atoms with E-state index in [1.54, 1.807) is 21.0 Å². The first-order chi connectivity index (χ1) is 11.8. The van der Waals surface area contributed by atoms with Crippen LogP contribution in [0.4, 0.5) is 0 Å². The van der Waals surface area contributed by atoms with Gasteiger partial charge >= 0.3 is 5.97 Å². The number of hydrogen-bond acceptors (Lipinski definition) is 4. The second kappa shape index (κ2) is 8.01. The summed E-state index contributed by atoms with van der Waals surface area (Å²) in [7, 11) is 1.63. The van der Waals surface area contributed by atoms with Gasteiger partial charge in [0.2, 0.25) is 0 Å². The summed E-state index contributed by atoms with van der Waals surface area (Å²) in [5, 5.41) is 4.79. The Morgan fingerprint density at radius 3 is 2.24 bits per heavy atom. The first-order valence-electron chi connectivity index (χ1n) is 8.40. The number of esters is 1. The van der Waals surface area contributed by atoms with Crippen LogP contribution in [0.2, 0.25) is 0 Å². The predicted octanol–water partition coefficient (Wildman–Crippen LogP) is 3.41. The molecule has 0 unspecified atom stereocenters. The molecule has 25 heavy (non-hydrogen) atoms. The first-order valence-corrected chi connectivity index (χ1v) is 8.40. The number of rotatable bonds is 6. The number of methoxy groups -OCH3 is 1. The minimum absolute atomic E-state index is 0.00329. The summed E-state index contributed by atoms with van der Waals surface area (Å²) < 4.78 is 10.5. The molecule has 1 amide bonds. The average molecular weight is 343 g/mol. The average Bonchev–Trinajstić information content (AvgIpc) is 2.59. The van der Waals surface area contributed by atoms with Crippen molar-refractivity contribution in [2.75, 3.05) is 7.11 Å². The standard InChI is InChI=1S/C20H25NO4/c1-12(2)21-19(22)14(4)25-20(23)13(3)15-6-7-17-11-18(24-5)9-8-16(17)10-15/h6-14H,1-5H3,(H,21,22)/t13-,14+/m0/s1. The molecule has 2 rings (SSSR count). The van der Waals surface area contributed by atoms with Crippen LogP contribution in [-0.4, -0.2) is 31.1 Å². The summed E-state index contributed by atoms with van der Waals surface area (Å²) in [5.74, 6) is -0.376. The number of nitrogens with one attached hydrogen (secondary N) is 1. The first kappa shape index (κ1) is 18.8. The Morgan fingerprint density at radius 2 is 1.60 bits per heavy atom. The highest BCUT2D eigenvalue weighted by Crippen LogP contribution is 2.26. The Hall–Kier alpha value is -2.56. The number of fused-ring (bicyclic) bond motifs is 1. The van der Waals surface area contributed by atoms with Crippen molar-refractivity contribution in [3.05, 3.63) is 42.0 Å². The second-order valence-electron chi connectivity index (χ2n) is 6.44. The van der Waals surface area contributed by atoms with Crippen molar-refractivity contribution in [1.82, 2.24) is 5.32 Å². The fraction of sp³-hybridized carbons (Fsp3) is 0.400. The molecule has 0 aliphatic carbocycles. The zero-order valence-corrected chi connectivity index (χ0v) is 15.3. The van der Waals surface area contributed by atoms with Crippen LogP contribution in [0.5, 0.6) is 5.75 Å². The van der Waals surface area contributed by atoms with Crippen LogP contribution in [0.3, 0.4) is 0 Å². The fourth-order valence-corrected chi connectivity index (χ4v) is 2.51. The molecule has 134 valence electrons. The van der Waals surface area contributed by atoms with Crippen LogP contribution in [-0.2, 0) is 14.3 Å². The van der Waals surface area contributed by atoms with Gasteiger partial charge in [-0.2, -0.15) is 0 Å². The largest absolute Gasteiger partial charge is 0.497 e. The maximum atomic E-state index is 12.4. The van der Waals surface area contributed by atoms with Gasteiger partial charge in [-0.3, -0.25) is 9.59 Å². The number of ether oxygens (including phenoxy) is 2. The summed E-state index contributed by atoms with van der Waals surface area (Å²) in [6, 6.07) is 11.6. The van der Waals surface area contributed by atoms with Gasteiger partial charge in [-0.05, 0) is 56.2 Å². The van der Waals surface area contributed by atoms with Crippen molar-refractivity contribution in [3.8, 4) is 5.75 Å². The summed E-state index contributed by atoms with van der Waals surface area (Å²) in [5.41, 5.74) is 0.846. The van der Waals surface area contributed by atoms with Crippen molar-refractivity contribution >= 4 is 22.6 Å². The molecule has 0 radical (unpaired) electrons. The molecule has 0 saturated heterocycles. The van der Waals surface area contributed by atoms with Gasteiger partial charge in [0.1, 0.15) is 5.75 Å². The quantitative estimate of drug-likeness (QED) is 0.817. The number of carbonyl (C=O) groups excluding carboxylic acids is 2. The van der Waals surface area contributed by atoms with Gasteiger partial charge in [0, 0.05) is 6.04 Å². The van der Waals surface area contributed by atoms with Crippen molar-refractivity contribution < 1.29 is 19.1 Å². The van der Waals surface area contributed by atoms with Gasteiger partial charge in [0.15, 0.2) is 6.10 Å². The number of hydrogen-bond donors (Lipinski definition) is 1. The van der Waals surface area contributed by atoms with Crippen LogP contribution in [0, 0.1) is 0 Å². The monoisotopic (exact) mass is 343 g/mol. The van der Waals surface area contributed by atoms with E-state index >= 15 is 0 Å². The van der Waals surface area contributed by atoms with Gasteiger partial charge in [-0.1, -0.05) is 24.3 Å². The van der Waals surface area contributed by atoms with E-state index in [0.717, 1.165) is 22.1 Å². The van der Waals surface area contributed by atoms with E-state index in [0.29, 0.717) is 0 Å². The summed E-state index contributed by atoms with van der Waals surface area (Å²) >= 11 is 0. The third kappa shape index (κ3) is 4.72. The second-order valence-corrected chi connectivity index (χ2v) is 6.44. The smallest absolute Gasteiger partial charge is 0.313 e. The van der Waals surface area contributed by atoms with Crippen LogP contribution < -0.4 is 10.1 Å². The highest BCUT2D eigenvalue weighted by atomic mass is 16.5. The van der Waals surface area contributed by atoms with E-state index in [1.807, 2.05) is 50.2 Å². The summed E-state index contributed by atoms with van der Waals surface area (Å²) in [4.78, 5) is 24.2. The molecule has 0 fully saturated rings. The molecular weight excluding hydrogens is 318 g/mol. The molecule has 0 aromatic heterocycles. The molecule has 0 spiro atoms. The molecule has 2 atom stereocenters. The molecule has 2 aromatic rings. The Kier molecular flexibility index (Phi) is 6.02. The van der Waals surface area contributed by atoms with Crippen molar-refractivity contribution in [2.24, 2.45) is 0 Å². The number of benzene rings is 2. The van der Waals surface area contributed by atoms with Crippen LogP contribution >= 0.6 is 0 Å². The van der Waals surface area contributed by atoms with Gasteiger partial charge in [0.25, 0.3) is 5.91 Å². The van der Waals surface area contributed by atoms with E-state index in [2.05, 4.69) is 5.32 Å². The van der Waals surface area contributed by atoms with E-state index in [-0.39, 0.29) is 11.9 Å². The van der Waals surface area contributed by atoms with E-state index < -0.39 is 18.0 Å². The molecule has 0 saturated carbocycles. The molecule has 0 aliphatic heterocycles. The van der Waals surface area contributed by atoms with Crippen molar-refractivity contribution in [3.63, 3.8) is 0 Å². The number of carbonyl (C=O) groups is 2. The minimum atomic E-state index is -0.818. The van der Waals surface area contributed by atoms with Crippen LogP contribution in [0.15, 0.2) is 36.4 Å². The normalized spacial score (nSPS) is 13.4. The van der Waals surface area contributed by atoms with E-state index in [1.165, 1.54) is 0 Å². The maximum absolute atomic E-state index is 12.4. The lowest BCUT2D eigenvalue weighted by Gasteiger charge is -2.18. The number of amides is 1. The molecule has 2 aromatic carbocycles. The molecule has 5 nitrogen and oxygen atoms in total. The van der Waals surface area contributed by atoms with Gasteiger partial charge < -0.3 is 14.8 Å². The Balaban J connectivity index is 2.11. The lowest BCUT2D eigenvalue weighted by Crippen LogP contribution is -2.40. The summed E-state index contributed by atoms with van der Waals surface area (Å²) in [6.07, 6.45) is -0.818. The van der Waals surface area contributed by atoms with Gasteiger partial charge in [-0.15, -0.1) is 0 Å². The third-order valence-corrected chi connectivity index (χ3v) is 4.02. The van der Waals surface area contributed by atoms with Crippen LogP contribution in [0.1, 0.15) is 39.2 Å². The highest BCUT2D eigenvalue weighted by Gasteiger charge is 2.23. The Bertz CT molecular complexity index is 769. The molecule has 5 heteroatoms. The van der Waals surface area contributed by atoms with Crippen molar-refractivity contribution in [2.45, 2.75) is 45.8 Å². The van der Waals surface area contributed by atoms with Gasteiger partial charge in [0.05, 0.1) is 13.0 Å². The lowest BCUT2D eigenvalue weighted by atomic mass is 9.98. The maximum Gasteiger partial charge on any atom is 0.313 e.